The van der Waals surface area contributed by atoms with Gasteiger partial charge >= 0.3 is 0 Å². The summed E-state index contributed by atoms with van der Waals surface area (Å²) >= 11 is 0. The number of hydrogen-bond acceptors (Lipinski definition) is 5. The Labute approximate surface area is 174 Å². The summed E-state index contributed by atoms with van der Waals surface area (Å²) in [4.78, 5) is 24.8. The Morgan fingerprint density at radius 2 is 1.90 bits per heavy atom. The number of hydrogen-bond donors (Lipinski definition) is 2. The van der Waals surface area contributed by atoms with Gasteiger partial charge < -0.3 is 11.1 Å². The lowest BCUT2D eigenvalue weighted by atomic mass is 10.1. The van der Waals surface area contributed by atoms with Gasteiger partial charge in [0.15, 0.2) is 11.5 Å². The lowest BCUT2D eigenvalue weighted by Crippen LogP contribution is -2.17. The summed E-state index contributed by atoms with van der Waals surface area (Å²) in [6, 6.07) is 3.45. The molecule has 0 saturated heterocycles. The van der Waals surface area contributed by atoms with Gasteiger partial charge in [-0.2, -0.15) is 0 Å². The summed E-state index contributed by atoms with van der Waals surface area (Å²) in [6.45, 7) is 15.8. The number of pyridine rings is 1. The first-order valence-corrected chi connectivity index (χ1v) is 9.77. The number of amides is 1. The van der Waals surface area contributed by atoms with Crippen molar-refractivity contribution in [1.82, 2.24) is 15.0 Å². The summed E-state index contributed by atoms with van der Waals surface area (Å²) in [6.07, 6.45) is 11.6. The molecule has 0 spiro atoms. The third-order valence-corrected chi connectivity index (χ3v) is 3.09. The SMILES string of the molecule is C=C(C)/C=C\C(=C/C)c1cnc(N)c(C(=O)Nc2cccnc2)n1.CC.CCC. The number of carbonyl (C=O) groups excluding carboxylic acids is 1. The van der Waals surface area contributed by atoms with E-state index in [0.717, 1.165) is 11.1 Å². The quantitative estimate of drug-likeness (QED) is 0.635. The van der Waals surface area contributed by atoms with Gasteiger partial charge in [-0.3, -0.25) is 9.78 Å². The third-order valence-electron chi connectivity index (χ3n) is 3.09. The van der Waals surface area contributed by atoms with Crippen molar-refractivity contribution < 1.29 is 4.79 Å². The Hall–Kier alpha value is -3.28. The van der Waals surface area contributed by atoms with Crippen LogP contribution in [0.4, 0.5) is 11.5 Å². The summed E-state index contributed by atoms with van der Waals surface area (Å²) in [5.41, 5.74) is 8.72. The minimum atomic E-state index is -0.436. The van der Waals surface area contributed by atoms with Crippen molar-refractivity contribution in [3.8, 4) is 0 Å². The van der Waals surface area contributed by atoms with E-state index in [2.05, 4.69) is 40.7 Å². The van der Waals surface area contributed by atoms with E-state index in [1.165, 1.54) is 12.6 Å². The van der Waals surface area contributed by atoms with E-state index < -0.39 is 5.91 Å². The second-order valence-electron chi connectivity index (χ2n) is 5.82. The van der Waals surface area contributed by atoms with Crippen molar-refractivity contribution in [2.45, 2.75) is 48.0 Å². The largest absolute Gasteiger partial charge is 0.382 e. The number of anilines is 2. The number of nitrogens with one attached hydrogen (secondary N) is 1. The van der Waals surface area contributed by atoms with Crippen LogP contribution in [-0.4, -0.2) is 20.9 Å². The third kappa shape index (κ3) is 9.46. The van der Waals surface area contributed by atoms with E-state index in [0.29, 0.717) is 11.4 Å². The zero-order valence-corrected chi connectivity index (χ0v) is 18.4. The van der Waals surface area contributed by atoms with Gasteiger partial charge in [0.05, 0.1) is 23.8 Å². The molecule has 0 fully saturated rings. The molecule has 2 rings (SSSR count). The zero-order valence-electron chi connectivity index (χ0n) is 18.4. The van der Waals surface area contributed by atoms with Gasteiger partial charge in [0.1, 0.15) is 0 Å². The van der Waals surface area contributed by atoms with Gasteiger partial charge in [0, 0.05) is 6.20 Å². The van der Waals surface area contributed by atoms with Crippen LogP contribution in [-0.2, 0) is 0 Å². The first-order chi connectivity index (χ1) is 13.9. The highest BCUT2D eigenvalue weighted by molar-refractivity contribution is 6.05. The van der Waals surface area contributed by atoms with Gasteiger partial charge in [-0.1, -0.05) is 64.5 Å². The minimum absolute atomic E-state index is 0.0689. The maximum Gasteiger partial charge on any atom is 0.278 e. The van der Waals surface area contributed by atoms with Crippen LogP contribution in [0.1, 0.15) is 64.1 Å². The normalized spacial score (nSPS) is 10.3. The molecule has 0 radical (unpaired) electrons. The minimum Gasteiger partial charge on any atom is -0.382 e. The van der Waals surface area contributed by atoms with Crippen molar-refractivity contribution in [2.75, 3.05) is 11.1 Å². The van der Waals surface area contributed by atoms with Crippen LogP contribution < -0.4 is 11.1 Å². The van der Waals surface area contributed by atoms with Crippen LogP contribution in [0, 0.1) is 0 Å². The molecule has 156 valence electrons. The maximum atomic E-state index is 12.4. The first kappa shape index (κ1) is 25.7. The second-order valence-corrected chi connectivity index (χ2v) is 5.82. The molecule has 29 heavy (non-hydrogen) atoms. The lowest BCUT2D eigenvalue weighted by molar-refractivity contribution is 0.102. The van der Waals surface area contributed by atoms with E-state index >= 15 is 0 Å². The molecule has 2 aromatic heterocycles. The molecule has 0 aliphatic rings. The Morgan fingerprint density at radius 1 is 1.24 bits per heavy atom. The Kier molecular flexibility index (Phi) is 13.1. The Balaban J connectivity index is 0.00000143. The Morgan fingerprint density at radius 3 is 2.41 bits per heavy atom. The zero-order chi connectivity index (χ0) is 22.2. The molecule has 0 atom stereocenters. The smallest absolute Gasteiger partial charge is 0.278 e. The number of rotatable bonds is 5. The molecular formula is C23H33N5O. The summed E-state index contributed by atoms with van der Waals surface area (Å²) < 4.78 is 0. The number of nitrogen functional groups attached to an aromatic ring is 1. The van der Waals surface area contributed by atoms with E-state index in [1.54, 1.807) is 24.5 Å². The average Bonchev–Trinajstić information content (AvgIpc) is 2.72. The van der Waals surface area contributed by atoms with Crippen LogP contribution in [0.25, 0.3) is 5.57 Å². The van der Waals surface area contributed by atoms with Crippen molar-refractivity contribution in [3.05, 3.63) is 72.5 Å². The average molecular weight is 396 g/mol. The fourth-order valence-electron chi connectivity index (χ4n) is 1.89. The fraction of sp³-hybridized carbons (Fsp3) is 0.304. The van der Waals surface area contributed by atoms with Crippen LogP contribution in [0.3, 0.4) is 0 Å². The van der Waals surface area contributed by atoms with E-state index in [1.807, 2.05) is 45.9 Å². The monoisotopic (exact) mass is 395 g/mol. The second kappa shape index (κ2) is 14.7. The molecule has 0 aromatic carbocycles. The van der Waals surface area contributed by atoms with Gasteiger partial charge in [0.25, 0.3) is 5.91 Å². The first-order valence-electron chi connectivity index (χ1n) is 9.77. The molecule has 0 unspecified atom stereocenters. The van der Waals surface area contributed by atoms with Crippen LogP contribution in [0.2, 0.25) is 0 Å². The van der Waals surface area contributed by atoms with Gasteiger partial charge in [0.2, 0.25) is 0 Å². The molecule has 0 aliphatic carbocycles. The molecule has 0 bridgehead atoms. The van der Waals surface area contributed by atoms with Gasteiger partial charge in [-0.05, 0) is 31.6 Å². The predicted octanol–water partition coefficient (Wildman–Crippen LogP) is 5.68. The molecule has 1 amide bonds. The van der Waals surface area contributed by atoms with Crippen LogP contribution in [0.15, 0.2) is 61.1 Å². The highest BCUT2D eigenvalue weighted by atomic mass is 16.1. The van der Waals surface area contributed by atoms with Crippen LogP contribution >= 0.6 is 0 Å². The van der Waals surface area contributed by atoms with E-state index in [4.69, 9.17) is 5.73 Å². The molecule has 0 saturated carbocycles. The van der Waals surface area contributed by atoms with E-state index in [-0.39, 0.29) is 11.5 Å². The van der Waals surface area contributed by atoms with Crippen molar-refractivity contribution in [3.63, 3.8) is 0 Å². The van der Waals surface area contributed by atoms with Crippen molar-refractivity contribution >= 4 is 23.0 Å². The molecule has 0 aliphatic heterocycles. The number of carbonyl (C=O) groups is 1. The summed E-state index contributed by atoms with van der Waals surface area (Å²) in [7, 11) is 0. The van der Waals surface area contributed by atoms with Crippen LogP contribution in [0.5, 0.6) is 0 Å². The fourth-order valence-corrected chi connectivity index (χ4v) is 1.89. The highest BCUT2D eigenvalue weighted by Crippen LogP contribution is 2.17. The molecule has 6 nitrogen and oxygen atoms in total. The molecule has 6 heteroatoms. The molecule has 2 heterocycles. The van der Waals surface area contributed by atoms with Crippen molar-refractivity contribution in [2.24, 2.45) is 0 Å². The van der Waals surface area contributed by atoms with Crippen molar-refractivity contribution in [1.29, 1.82) is 0 Å². The molecule has 3 N–H and O–H groups in total. The molecule has 2 aromatic rings. The molecular weight excluding hydrogens is 362 g/mol. The lowest BCUT2D eigenvalue weighted by Gasteiger charge is -2.08. The number of aromatic nitrogens is 3. The summed E-state index contributed by atoms with van der Waals surface area (Å²) in [5.74, 6) is -0.367. The number of nitrogens with zero attached hydrogens (tertiary/aromatic N) is 3. The number of nitrogens with two attached hydrogens (primary N) is 1. The topological polar surface area (TPSA) is 93.8 Å². The van der Waals surface area contributed by atoms with E-state index in [9.17, 15) is 4.79 Å². The highest BCUT2D eigenvalue weighted by Gasteiger charge is 2.15. The Bertz CT molecular complexity index is 826. The maximum absolute atomic E-state index is 12.4. The predicted molar refractivity (Wildman–Crippen MR) is 124 cm³/mol. The van der Waals surface area contributed by atoms with Gasteiger partial charge in [-0.15, -0.1) is 0 Å². The van der Waals surface area contributed by atoms with Gasteiger partial charge in [-0.25, -0.2) is 9.97 Å². The summed E-state index contributed by atoms with van der Waals surface area (Å²) in [5, 5.41) is 2.70. The standard InChI is InChI=1S/C18H19N5O.C3H8.C2H6/c1-4-13(8-7-12(2)3)15-11-21-17(19)16(23-15)18(24)22-14-6-5-9-20-10-14;1-3-2;1-2/h4-11H,2H2,1,3H3,(H2,19,21)(H,22,24);3H2,1-2H3;1-2H3/b8-7-,13-4+;;. The number of allylic oxidation sites excluding steroid dienone is 5.